The summed E-state index contributed by atoms with van der Waals surface area (Å²) in [4.78, 5) is 37.3. The molecule has 0 saturated heterocycles. The van der Waals surface area contributed by atoms with Gasteiger partial charge in [0.2, 0.25) is 5.91 Å². The SMILES string of the molecule is COC(=O)[C@H](C)C=C[C@H](C)NC(=O)[C@H](CC(C)C)NC(=O)OCC1c2ccccc2-c2ccccc21. The van der Waals surface area contributed by atoms with Gasteiger partial charge in [0.1, 0.15) is 12.6 Å². The average molecular weight is 493 g/mol. The van der Waals surface area contributed by atoms with Crippen molar-refractivity contribution < 1.29 is 23.9 Å². The highest BCUT2D eigenvalue weighted by molar-refractivity contribution is 5.86. The number of ether oxygens (including phenoxy) is 2. The Kier molecular flexibility index (Phi) is 9.28. The van der Waals surface area contributed by atoms with Crippen molar-refractivity contribution >= 4 is 18.0 Å². The van der Waals surface area contributed by atoms with Crippen LogP contribution in [-0.4, -0.2) is 43.8 Å². The smallest absolute Gasteiger partial charge is 0.407 e. The third-order valence-corrected chi connectivity index (χ3v) is 6.29. The zero-order valence-electron chi connectivity index (χ0n) is 21.6. The maximum Gasteiger partial charge on any atom is 0.407 e. The van der Waals surface area contributed by atoms with Gasteiger partial charge >= 0.3 is 12.1 Å². The third kappa shape index (κ3) is 6.74. The Morgan fingerprint density at radius 1 is 0.889 bits per heavy atom. The van der Waals surface area contributed by atoms with Gasteiger partial charge in [0.05, 0.1) is 13.0 Å². The zero-order valence-corrected chi connectivity index (χ0v) is 21.6. The van der Waals surface area contributed by atoms with Crippen LogP contribution in [0.25, 0.3) is 11.1 Å². The van der Waals surface area contributed by atoms with Gasteiger partial charge in [-0.15, -0.1) is 0 Å². The minimum Gasteiger partial charge on any atom is -0.469 e. The molecule has 7 nitrogen and oxygen atoms in total. The number of methoxy groups -OCH3 is 1. The molecule has 36 heavy (non-hydrogen) atoms. The number of rotatable bonds is 10. The van der Waals surface area contributed by atoms with Crippen LogP contribution >= 0.6 is 0 Å². The second-order valence-electron chi connectivity index (χ2n) is 9.65. The van der Waals surface area contributed by atoms with E-state index in [2.05, 4.69) is 34.9 Å². The van der Waals surface area contributed by atoms with Crippen molar-refractivity contribution in [3.8, 4) is 11.1 Å². The van der Waals surface area contributed by atoms with E-state index in [-0.39, 0.29) is 36.4 Å². The van der Waals surface area contributed by atoms with Crippen LogP contribution in [0.15, 0.2) is 60.7 Å². The van der Waals surface area contributed by atoms with Crippen LogP contribution in [0.4, 0.5) is 4.79 Å². The quantitative estimate of drug-likeness (QED) is 0.367. The summed E-state index contributed by atoms with van der Waals surface area (Å²) >= 11 is 0. The van der Waals surface area contributed by atoms with Crippen LogP contribution in [0.5, 0.6) is 0 Å². The molecule has 0 unspecified atom stereocenters. The third-order valence-electron chi connectivity index (χ3n) is 6.29. The summed E-state index contributed by atoms with van der Waals surface area (Å²) in [5.41, 5.74) is 4.57. The van der Waals surface area contributed by atoms with Crippen molar-refractivity contribution in [2.45, 2.75) is 52.1 Å². The van der Waals surface area contributed by atoms with Crippen molar-refractivity contribution in [1.82, 2.24) is 10.6 Å². The van der Waals surface area contributed by atoms with E-state index in [1.54, 1.807) is 26.0 Å². The van der Waals surface area contributed by atoms with Gasteiger partial charge in [-0.1, -0.05) is 74.5 Å². The molecule has 0 bridgehead atoms. The van der Waals surface area contributed by atoms with Crippen molar-refractivity contribution in [1.29, 1.82) is 0 Å². The van der Waals surface area contributed by atoms with Crippen LogP contribution in [0, 0.1) is 11.8 Å². The Morgan fingerprint density at radius 3 is 2.03 bits per heavy atom. The van der Waals surface area contributed by atoms with Gasteiger partial charge in [-0.2, -0.15) is 0 Å². The predicted molar refractivity (Wildman–Crippen MR) is 139 cm³/mol. The normalized spacial score (nSPS) is 15.1. The Balaban J connectivity index is 1.61. The minimum absolute atomic E-state index is 0.0533. The van der Waals surface area contributed by atoms with Gasteiger partial charge in [0, 0.05) is 12.0 Å². The van der Waals surface area contributed by atoms with Crippen molar-refractivity contribution in [2.75, 3.05) is 13.7 Å². The summed E-state index contributed by atoms with van der Waals surface area (Å²) < 4.78 is 10.3. The maximum absolute atomic E-state index is 12.9. The summed E-state index contributed by atoms with van der Waals surface area (Å²) in [6.07, 6.45) is 3.26. The number of alkyl carbamates (subject to hydrolysis) is 1. The van der Waals surface area contributed by atoms with E-state index in [0.29, 0.717) is 6.42 Å². The van der Waals surface area contributed by atoms with Gasteiger partial charge in [-0.3, -0.25) is 9.59 Å². The lowest BCUT2D eigenvalue weighted by molar-refractivity contribution is -0.143. The number of carbonyl (C=O) groups excluding carboxylic acids is 3. The van der Waals surface area contributed by atoms with Gasteiger partial charge < -0.3 is 20.1 Å². The van der Waals surface area contributed by atoms with Gasteiger partial charge in [-0.05, 0) is 48.4 Å². The predicted octanol–water partition coefficient (Wildman–Crippen LogP) is 4.81. The van der Waals surface area contributed by atoms with Gasteiger partial charge in [-0.25, -0.2) is 4.79 Å². The lowest BCUT2D eigenvalue weighted by atomic mass is 9.98. The maximum atomic E-state index is 12.9. The van der Waals surface area contributed by atoms with E-state index >= 15 is 0 Å². The fourth-order valence-corrected chi connectivity index (χ4v) is 4.46. The summed E-state index contributed by atoms with van der Waals surface area (Å²) in [5, 5.41) is 5.62. The summed E-state index contributed by atoms with van der Waals surface area (Å²) in [6, 6.07) is 15.2. The Labute approximate surface area is 213 Å². The molecule has 2 amide bonds. The number of carbonyl (C=O) groups is 3. The number of nitrogens with one attached hydrogen (secondary N) is 2. The second-order valence-corrected chi connectivity index (χ2v) is 9.65. The molecule has 0 radical (unpaired) electrons. The first-order valence-electron chi connectivity index (χ1n) is 12.4. The largest absolute Gasteiger partial charge is 0.469 e. The number of hydrogen-bond donors (Lipinski definition) is 2. The number of amides is 2. The van der Waals surface area contributed by atoms with E-state index < -0.39 is 18.1 Å². The van der Waals surface area contributed by atoms with E-state index in [1.807, 2.05) is 38.1 Å². The van der Waals surface area contributed by atoms with Crippen molar-refractivity contribution in [3.63, 3.8) is 0 Å². The summed E-state index contributed by atoms with van der Waals surface area (Å²) in [6.45, 7) is 7.68. The van der Waals surface area contributed by atoms with Crippen LogP contribution in [0.2, 0.25) is 0 Å². The number of hydrogen-bond acceptors (Lipinski definition) is 5. The molecular formula is C29H36N2O5. The molecule has 7 heteroatoms. The highest BCUT2D eigenvalue weighted by Gasteiger charge is 2.30. The second kappa shape index (κ2) is 12.4. The molecule has 0 aliphatic heterocycles. The Bertz CT molecular complexity index is 1060. The number of fused-ring (bicyclic) bond motifs is 3. The molecule has 0 saturated carbocycles. The van der Waals surface area contributed by atoms with Crippen LogP contribution in [-0.2, 0) is 19.1 Å². The number of benzene rings is 2. The van der Waals surface area contributed by atoms with E-state index in [9.17, 15) is 14.4 Å². The first kappa shape index (κ1) is 27.0. The van der Waals surface area contributed by atoms with Crippen LogP contribution < -0.4 is 10.6 Å². The summed E-state index contributed by atoms with van der Waals surface area (Å²) in [7, 11) is 1.34. The molecule has 3 rings (SSSR count). The molecule has 192 valence electrons. The molecule has 1 aliphatic rings. The molecule has 0 heterocycles. The molecule has 2 aromatic carbocycles. The van der Waals surface area contributed by atoms with Crippen molar-refractivity contribution in [3.05, 3.63) is 71.8 Å². The average Bonchev–Trinajstić information content (AvgIpc) is 3.18. The standard InChI is InChI=1S/C29H36N2O5/c1-18(2)16-26(27(32)30-20(4)15-14-19(3)28(33)35-5)31-29(34)36-17-25-23-12-8-6-10-21(23)22-11-7-9-13-24(22)25/h6-15,18-20,25-26H,16-17H2,1-5H3,(H,30,32)(H,31,34)/t19-,20+,26+/m1/s1. The van der Waals surface area contributed by atoms with E-state index in [4.69, 9.17) is 9.47 Å². The molecule has 0 spiro atoms. The monoisotopic (exact) mass is 492 g/mol. The fourth-order valence-electron chi connectivity index (χ4n) is 4.46. The highest BCUT2D eigenvalue weighted by atomic mass is 16.5. The van der Waals surface area contributed by atoms with Gasteiger partial charge in [0.15, 0.2) is 0 Å². The first-order chi connectivity index (χ1) is 17.2. The molecule has 1 aliphatic carbocycles. The van der Waals surface area contributed by atoms with Crippen molar-refractivity contribution in [2.24, 2.45) is 11.8 Å². The lowest BCUT2D eigenvalue weighted by Gasteiger charge is -2.22. The molecule has 0 aromatic heterocycles. The lowest BCUT2D eigenvalue weighted by Crippen LogP contribution is -2.49. The van der Waals surface area contributed by atoms with Crippen LogP contribution in [0.3, 0.4) is 0 Å². The molecule has 3 atom stereocenters. The number of esters is 1. The Morgan fingerprint density at radius 2 is 1.47 bits per heavy atom. The molecule has 0 fully saturated rings. The van der Waals surface area contributed by atoms with Crippen LogP contribution in [0.1, 0.15) is 51.2 Å². The molecule has 2 aromatic rings. The fraction of sp³-hybridized carbons (Fsp3) is 0.414. The Hall–Kier alpha value is -3.61. The zero-order chi connectivity index (χ0) is 26.2. The minimum atomic E-state index is -0.741. The van der Waals surface area contributed by atoms with E-state index in [0.717, 1.165) is 22.3 Å². The van der Waals surface area contributed by atoms with E-state index in [1.165, 1.54) is 7.11 Å². The topological polar surface area (TPSA) is 93.7 Å². The first-order valence-corrected chi connectivity index (χ1v) is 12.4. The molecular weight excluding hydrogens is 456 g/mol. The molecule has 2 N–H and O–H groups in total. The summed E-state index contributed by atoms with van der Waals surface area (Å²) in [5.74, 6) is -0.943. The van der Waals surface area contributed by atoms with Gasteiger partial charge in [0.25, 0.3) is 0 Å². The highest BCUT2D eigenvalue weighted by Crippen LogP contribution is 2.44.